The van der Waals surface area contributed by atoms with Gasteiger partial charge in [0.05, 0.1) is 62.7 Å². The van der Waals surface area contributed by atoms with Crippen molar-refractivity contribution in [2.75, 3.05) is 37.2 Å². The molecule has 6 atom stereocenters. The number of nitrogens with zero attached hydrogens (tertiary/aromatic N) is 4. The van der Waals surface area contributed by atoms with Gasteiger partial charge in [-0.1, -0.05) is 24.3 Å². The van der Waals surface area contributed by atoms with Crippen LogP contribution in [0.5, 0.6) is 23.0 Å². The van der Waals surface area contributed by atoms with Gasteiger partial charge in [-0.3, -0.25) is 19.2 Å². The zero-order valence-electron chi connectivity index (χ0n) is 29.2. The average molecular weight is 703 g/mol. The van der Waals surface area contributed by atoms with Crippen molar-refractivity contribution in [2.45, 2.75) is 38.0 Å². The lowest BCUT2D eigenvalue weighted by molar-refractivity contribution is -0.136. The van der Waals surface area contributed by atoms with E-state index in [1.165, 1.54) is 9.80 Å². The first-order valence-corrected chi connectivity index (χ1v) is 17.4. The number of amides is 4. The lowest BCUT2D eigenvalue weighted by atomic mass is 9.84. The van der Waals surface area contributed by atoms with Crippen LogP contribution in [0.2, 0.25) is 0 Å². The summed E-state index contributed by atoms with van der Waals surface area (Å²) >= 11 is 0. The molecule has 0 bridgehead atoms. The van der Waals surface area contributed by atoms with Crippen molar-refractivity contribution in [1.82, 2.24) is 10.0 Å². The molecule has 4 aromatic rings. The number of imide groups is 2. The molecule has 4 heterocycles. The van der Waals surface area contributed by atoms with Crippen LogP contribution in [0.15, 0.2) is 97.1 Å². The van der Waals surface area contributed by atoms with Gasteiger partial charge < -0.3 is 18.9 Å². The smallest absolute Gasteiger partial charge is 0.253 e. The normalized spacial score (nSPS) is 25.4. The summed E-state index contributed by atoms with van der Waals surface area (Å²) in [5.74, 6) is -0.952. The molecule has 0 aromatic heterocycles. The van der Waals surface area contributed by atoms with Gasteiger partial charge in [0.2, 0.25) is 11.8 Å². The van der Waals surface area contributed by atoms with Crippen molar-refractivity contribution in [1.29, 1.82) is 0 Å². The van der Waals surface area contributed by atoms with E-state index in [-0.39, 0.29) is 11.8 Å². The zero-order valence-corrected chi connectivity index (χ0v) is 29.2. The highest BCUT2D eigenvalue weighted by Gasteiger charge is 2.73. The molecule has 4 aliphatic heterocycles. The topological polar surface area (TPSA) is 118 Å². The SMILES string of the molecule is CCOc1ccc(N2C(=O)[C@H]3[C@@H](c4ccc(OC)cc4)N4[C@H]5C(=O)N(c6ccc(OCC)cc6)C(=O)[C@H]5[C@@H](c5ccc(OC)cc5)N4[C@H]3C2=O)cc1. The van der Waals surface area contributed by atoms with E-state index >= 15 is 0 Å². The summed E-state index contributed by atoms with van der Waals surface area (Å²) < 4.78 is 22.1. The highest BCUT2D eigenvalue weighted by Crippen LogP contribution is 2.60. The second-order valence-electron chi connectivity index (χ2n) is 13.0. The van der Waals surface area contributed by atoms with E-state index in [1.807, 2.05) is 48.1 Å². The summed E-state index contributed by atoms with van der Waals surface area (Å²) in [7, 11) is 3.14. The lowest BCUT2D eigenvalue weighted by Gasteiger charge is -2.35. The fourth-order valence-corrected chi connectivity index (χ4v) is 8.33. The zero-order chi connectivity index (χ0) is 36.3. The molecule has 4 amide bonds. The first-order valence-electron chi connectivity index (χ1n) is 17.4. The molecule has 0 saturated carbocycles. The minimum atomic E-state index is -0.997. The van der Waals surface area contributed by atoms with E-state index in [9.17, 15) is 19.2 Å². The van der Waals surface area contributed by atoms with Gasteiger partial charge in [0, 0.05) is 0 Å². The molecule has 4 fully saturated rings. The Balaban J connectivity index is 1.28. The molecule has 8 rings (SSSR count). The van der Waals surface area contributed by atoms with Crippen LogP contribution in [0.4, 0.5) is 11.4 Å². The van der Waals surface area contributed by atoms with Crippen LogP contribution in [-0.2, 0) is 19.2 Å². The second kappa shape index (κ2) is 13.1. The molecular formula is C40H38N4O8. The summed E-state index contributed by atoms with van der Waals surface area (Å²) in [6, 6.07) is 24.8. The van der Waals surface area contributed by atoms with Gasteiger partial charge in [-0.2, -0.15) is 0 Å². The van der Waals surface area contributed by atoms with Crippen LogP contribution in [0.25, 0.3) is 0 Å². The van der Waals surface area contributed by atoms with Crippen LogP contribution < -0.4 is 28.7 Å². The molecule has 0 unspecified atom stereocenters. The Morgan fingerprint density at radius 1 is 0.442 bits per heavy atom. The number of rotatable bonds is 10. The summed E-state index contributed by atoms with van der Waals surface area (Å²) in [5.41, 5.74) is 2.26. The Morgan fingerprint density at radius 3 is 1.08 bits per heavy atom. The van der Waals surface area contributed by atoms with E-state index in [0.717, 1.165) is 0 Å². The number of benzene rings is 4. The molecule has 4 saturated heterocycles. The number of hydrogen-bond acceptors (Lipinski definition) is 10. The maximum atomic E-state index is 14.7. The lowest BCUT2D eigenvalue weighted by Crippen LogP contribution is -2.50. The van der Waals surface area contributed by atoms with Gasteiger partial charge in [-0.25, -0.2) is 19.8 Å². The number of methoxy groups -OCH3 is 2. The third-order valence-electron chi connectivity index (χ3n) is 10.5. The largest absolute Gasteiger partial charge is 0.497 e. The van der Waals surface area contributed by atoms with Gasteiger partial charge in [0.1, 0.15) is 35.1 Å². The first kappa shape index (κ1) is 33.4. The van der Waals surface area contributed by atoms with Crippen LogP contribution in [-0.4, -0.2) is 73.2 Å². The molecule has 4 aromatic carbocycles. The van der Waals surface area contributed by atoms with Crippen LogP contribution in [0.3, 0.4) is 0 Å². The molecule has 0 spiro atoms. The van der Waals surface area contributed by atoms with E-state index in [4.69, 9.17) is 18.9 Å². The fourth-order valence-electron chi connectivity index (χ4n) is 8.33. The Bertz CT molecular complexity index is 1870. The number of hydrogen-bond donors (Lipinski definition) is 0. The molecule has 52 heavy (non-hydrogen) atoms. The van der Waals surface area contributed by atoms with Crippen molar-refractivity contribution in [3.8, 4) is 23.0 Å². The van der Waals surface area contributed by atoms with Crippen LogP contribution in [0.1, 0.15) is 37.1 Å². The van der Waals surface area contributed by atoms with Gasteiger partial charge >= 0.3 is 0 Å². The standard InChI is InChI=1S/C40H38N4O8/c1-5-51-29-19-11-25(12-20-29)41-37(45)31-33(23-7-15-27(49-3)16-8-23)44-36-32(38(46)42(40(36)48)26-13-21-30(22-14-26)52-6-2)34(43(44)35(31)39(41)47)24-9-17-28(50-4)18-10-24/h7-22,31-36H,5-6H2,1-4H3/t31-,32-,33+,34+,35+,36+/m0/s1. The average Bonchev–Trinajstić information content (AvgIpc) is 3.84. The molecule has 4 aliphatic rings. The summed E-state index contributed by atoms with van der Waals surface area (Å²) in [6.45, 7) is 4.71. The molecular weight excluding hydrogens is 664 g/mol. The number of hydrazine groups is 1. The molecule has 0 radical (unpaired) electrons. The third-order valence-corrected chi connectivity index (χ3v) is 10.5. The van der Waals surface area contributed by atoms with E-state index in [1.54, 1.807) is 87.0 Å². The number of ether oxygens (including phenoxy) is 4. The van der Waals surface area contributed by atoms with Gasteiger partial charge in [0.25, 0.3) is 11.8 Å². The molecule has 12 heteroatoms. The quantitative estimate of drug-likeness (QED) is 0.210. The van der Waals surface area contributed by atoms with E-state index in [2.05, 4.69) is 0 Å². The molecule has 12 nitrogen and oxygen atoms in total. The number of anilines is 2. The Hall–Kier alpha value is -5.72. The van der Waals surface area contributed by atoms with Crippen molar-refractivity contribution >= 4 is 35.0 Å². The second-order valence-corrected chi connectivity index (χ2v) is 13.0. The van der Waals surface area contributed by atoms with E-state index in [0.29, 0.717) is 58.7 Å². The van der Waals surface area contributed by atoms with Crippen molar-refractivity contribution in [3.05, 3.63) is 108 Å². The Labute approximate surface area is 301 Å². The van der Waals surface area contributed by atoms with Crippen LogP contribution >= 0.6 is 0 Å². The fraction of sp³-hybridized carbons (Fsp3) is 0.300. The maximum absolute atomic E-state index is 14.7. The number of carbonyl (C=O) groups is 4. The Morgan fingerprint density at radius 2 is 0.769 bits per heavy atom. The molecule has 0 N–H and O–H groups in total. The van der Waals surface area contributed by atoms with Crippen molar-refractivity contribution in [2.24, 2.45) is 11.8 Å². The van der Waals surface area contributed by atoms with E-state index < -0.39 is 47.8 Å². The maximum Gasteiger partial charge on any atom is 0.253 e. The van der Waals surface area contributed by atoms with Gasteiger partial charge in [-0.05, 0) is 97.8 Å². The highest BCUT2D eigenvalue weighted by atomic mass is 16.5. The number of fused-ring (bicyclic) bond motifs is 5. The van der Waals surface area contributed by atoms with Gasteiger partial charge in [0.15, 0.2) is 0 Å². The highest BCUT2D eigenvalue weighted by molar-refractivity contribution is 6.26. The minimum Gasteiger partial charge on any atom is -0.497 e. The summed E-state index contributed by atoms with van der Waals surface area (Å²) in [5, 5.41) is 3.69. The third kappa shape index (κ3) is 5.04. The van der Waals surface area contributed by atoms with Gasteiger partial charge in [-0.15, -0.1) is 0 Å². The Kier molecular flexibility index (Phi) is 8.43. The predicted molar refractivity (Wildman–Crippen MR) is 190 cm³/mol. The summed E-state index contributed by atoms with van der Waals surface area (Å²) in [4.78, 5) is 61.3. The monoisotopic (exact) mass is 702 g/mol. The first-order chi connectivity index (χ1) is 25.3. The molecule has 0 aliphatic carbocycles. The minimum absolute atomic E-state index is 0.389. The predicted octanol–water partition coefficient (Wildman–Crippen LogP) is 4.95. The molecule has 266 valence electrons. The van der Waals surface area contributed by atoms with Crippen molar-refractivity contribution in [3.63, 3.8) is 0 Å². The summed E-state index contributed by atoms with van der Waals surface area (Å²) in [6.07, 6.45) is 0. The van der Waals surface area contributed by atoms with Crippen LogP contribution in [0, 0.1) is 11.8 Å². The number of carbonyl (C=O) groups excluding carboxylic acids is 4. The van der Waals surface area contributed by atoms with Crippen molar-refractivity contribution < 1.29 is 38.1 Å².